The molecule has 3 aromatic rings. The molecule has 0 aliphatic carbocycles. The Morgan fingerprint density at radius 3 is 2.60 bits per heavy atom. The van der Waals surface area contributed by atoms with Crippen LogP contribution in [0.5, 0.6) is 11.5 Å². The van der Waals surface area contributed by atoms with Crippen LogP contribution in [-0.2, 0) is 9.47 Å². The van der Waals surface area contributed by atoms with Crippen LogP contribution in [0.3, 0.4) is 0 Å². The van der Waals surface area contributed by atoms with E-state index in [2.05, 4.69) is 0 Å². The highest BCUT2D eigenvalue weighted by molar-refractivity contribution is 6.10. The Morgan fingerprint density at radius 1 is 1.12 bits per heavy atom. The Labute approximate surface area is 146 Å². The number of hydrogen-bond donors (Lipinski definition) is 1. The van der Waals surface area contributed by atoms with Crippen LogP contribution in [0.25, 0.3) is 21.5 Å². The van der Waals surface area contributed by atoms with Gasteiger partial charge in [0.2, 0.25) is 0 Å². The summed E-state index contributed by atoms with van der Waals surface area (Å²) in [6.07, 6.45) is 0.220. The topological polar surface area (TPSA) is 51.2 Å². The Hall–Kier alpha value is -2.30. The molecule has 4 heteroatoms. The lowest BCUT2D eigenvalue weighted by Gasteiger charge is -2.18. The zero-order valence-corrected chi connectivity index (χ0v) is 14.5. The van der Waals surface area contributed by atoms with Crippen LogP contribution in [0, 0.1) is 6.92 Å². The van der Waals surface area contributed by atoms with Gasteiger partial charge in [0.05, 0.1) is 19.3 Å². The summed E-state index contributed by atoms with van der Waals surface area (Å²) in [5.41, 5.74) is 1.10. The fraction of sp³-hybridized carbons (Fsp3) is 0.333. The van der Waals surface area contributed by atoms with Crippen molar-refractivity contribution in [2.24, 2.45) is 0 Å². The van der Waals surface area contributed by atoms with E-state index in [0.29, 0.717) is 19.0 Å². The summed E-state index contributed by atoms with van der Waals surface area (Å²) in [4.78, 5) is 0. The van der Waals surface area contributed by atoms with Crippen LogP contribution in [0.4, 0.5) is 0 Å². The fourth-order valence-corrected chi connectivity index (χ4v) is 3.07. The van der Waals surface area contributed by atoms with E-state index in [4.69, 9.17) is 14.2 Å². The monoisotopic (exact) mass is 338 g/mol. The van der Waals surface area contributed by atoms with E-state index < -0.39 is 0 Å². The van der Waals surface area contributed by atoms with Crippen molar-refractivity contribution in [3.05, 3.63) is 48.0 Å². The van der Waals surface area contributed by atoms with Gasteiger partial charge in [0, 0.05) is 21.5 Å². The molecule has 25 heavy (non-hydrogen) atoms. The number of epoxide rings is 1. The normalized spacial score (nSPS) is 17.8. The summed E-state index contributed by atoms with van der Waals surface area (Å²) in [6, 6.07) is 13.8. The molecule has 4 rings (SSSR count). The largest absolute Gasteiger partial charge is 0.507 e. The molecule has 1 aliphatic heterocycles. The number of ether oxygens (including phenoxy) is 3. The van der Waals surface area contributed by atoms with E-state index in [0.717, 1.165) is 39.5 Å². The smallest absolute Gasteiger partial charge is 0.135 e. The minimum Gasteiger partial charge on any atom is -0.507 e. The zero-order chi connectivity index (χ0) is 17.4. The van der Waals surface area contributed by atoms with E-state index in [1.807, 2.05) is 56.3 Å². The average molecular weight is 338 g/mol. The lowest BCUT2D eigenvalue weighted by Crippen LogP contribution is -2.20. The molecular formula is C21H22O4. The molecule has 1 N–H and O–H groups in total. The van der Waals surface area contributed by atoms with Crippen LogP contribution < -0.4 is 4.74 Å². The average Bonchev–Trinajstić information content (AvgIpc) is 3.45. The molecule has 0 spiro atoms. The number of phenolic OH excluding ortho intramolecular Hbond substituents is 1. The minimum absolute atomic E-state index is 0.0303. The molecule has 0 aromatic heterocycles. The third-order valence-electron chi connectivity index (χ3n) is 4.53. The second-order valence-electron chi connectivity index (χ2n) is 6.68. The third kappa shape index (κ3) is 3.28. The number of phenols is 1. The number of aromatic hydroxyl groups is 1. The van der Waals surface area contributed by atoms with Gasteiger partial charge in [-0.15, -0.1) is 0 Å². The molecule has 1 heterocycles. The number of benzene rings is 3. The summed E-state index contributed by atoms with van der Waals surface area (Å²) in [5.74, 6) is 1.10. The highest BCUT2D eigenvalue weighted by Gasteiger charge is 2.23. The van der Waals surface area contributed by atoms with Gasteiger partial charge in [-0.1, -0.05) is 42.0 Å². The van der Waals surface area contributed by atoms with E-state index in [9.17, 15) is 5.11 Å². The second-order valence-corrected chi connectivity index (χ2v) is 6.68. The summed E-state index contributed by atoms with van der Waals surface area (Å²) in [6.45, 7) is 5.87. The van der Waals surface area contributed by atoms with Crippen molar-refractivity contribution in [2.75, 3.05) is 19.8 Å². The van der Waals surface area contributed by atoms with Crippen LogP contribution in [0.1, 0.15) is 12.5 Å². The zero-order valence-electron chi connectivity index (χ0n) is 14.5. The minimum atomic E-state index is -0.0303. The summed E-state index contributed by atoms with van der Waals surface area (Å²) >= 11 is 0. The van der Waals surface area contributed by atoms with Gasteiger partial charge in [0.25, 0.3) is 0 Å². The van der Waals surface area contributed by atoms with E-state index in [1.165, 1.54) is 0 Å². The summed E-state index contributed by atoms with van der Waals surface area (Å²) < 4.78 is 17.1. The molecule has 1 fully saturated rings. The standard InChI is InChI=1S/C21H22O4/c1-13-7-8-18-19(9-13)20(22)16-5-3-4-6-17(16)21(18)25-10-14(2)23-11-15-12-24-15/h3-9,14-15,22H,10-12H2,1-2H3. The molecule has 0 bridgehead atoms. The van der Waals surface area contributed by atoms with E-state index in [-0.39, 0.29) is 12.2 Å². The van der Waals surface area contributed by atoms with Crippen molar-refractivity contribution in [3.8, 4) is 11.5 Å². The first-order valence-corrected chi connectivity index (χ1v) is 8.63. The Morgan fingerprint density at radius 2 is 1.84 bits per heavy atom. The van der Waals surface area contributed by atoms with Gasteiger partial charge < -0.3 is 19.3 Å². The molecule has 1 aliphatic rings. The highest BCUT2D eigenvalue weighted by atomic mass is 16.6. The molecule has 2 atom stereocenters. The Bertz CT molecular complexity index is 915. The van der Waals surface area contributed by atoms with Gasteiger partial charge in [-0.25, -0.2) is 0 Å². The molecule has 0 radical (unpaired) electrons. The van der Waals surface area contributed by atoms with Gasteiger partial charge in [0.1, 0.15) is 24.2 Å². The van der Waals surface area contributed by atoms with Gasteiger partial charge in [-0.3, -0.25) is 0 Å². The van der Waals surface area contributed by atoms with Gasteiger partial charge in [0.15, 0.2) is 0 Å². The van der Waals surface area contributed by atoms with Gasteiger partial charge in [-0.05, 0) is 19.9 Å². The lowest BCUT2D eigenvalue weighted by molar-refractivity contribution is 0.0248. The molecule has 4 nitrogen and oxygen atoms in total. The number of aryl methyl sites for hydroxylation is 1. The first kappa shape index (κ1) is 16.2. The first-order valence-electron chi connectivity index (χ1n) is 8.63. The van der Waals surface area contributed by atoms with Crippen molar-refractivity contribution in [1.82, 2.24) is 0 Å². The maximum Gasteiger partial charge on any atom is 0.135 e. The molecule has 2 unspecified atom stereocenters. The number of fused-ring (bicyclic) bond motifs is 2. The summed E-state index contributed by atoms with van der Waals surface area (Å²) in [7, 11) is 0. The van der Waals surface area contributed by atoms with Gasteiger partial charge >= 0.3 is 0 Å². The molecule has 0 amide bonds. The van der Waals surface area contributed by atoms with Crippen LogP contribution in [0.15, 0.2) is 42.5 Å². The fourth-order valence-electron chi connectivity index (χ4n) is 3.07. The van der Waals surface area contributed by atoms with E-state index in [1.54, 1.807) is 0 Å². The SMILES string of the molecule is Cc1ccc2c(OCC(C)OCC3CO3)c3ccccc3c(O)c2c1. The molecule has 0 saturated carbocycles. The van der Waals surface area contributed by atoms with Crippen LogP contribution in [0.2, 0.25) is 0 Å². The van der Waals surface area contributed by atoms with Crippen molar-refractivity contribution >= 4 is 21.5 Å². The first-order chi connectivity index (χ1) is 12.1. The number of rotatable bonds is 6. The quantitative estimate of drug-likeness (QED) is 0.541. The molecule has 3 aromatic carbocycles. The highest BCUT2D eigenvalue weighted by Crippen LogP contribution is 2.42. The Balaban J connectivity index is 1.70. The van der Waals surface area contributed by atoms with E-state index >= 15 is 0 Å². The summed E-state index contributed by atoms with van der Waals surface area (Å²) in [5, 5.41) is 14.1. The molecular weight excluding hydrogens is 316 g/mol. The van der Waals surface area contributed by atoms with Crippen molar-refractivity contribution in [2.45, 2.75) is 26.1 Å². The van der Waals surface area contributed by atoms with Crippen molar-refractivity contribution < 1.29 is 19.3 Å². The predicted octanol–water partition coefficient (Wildman–Crippen LogP) is 4.19. The number of hydrogen-bond acceptors (Lipinski definition) is 4. The maximum absolute atomic E-state index is 10.7. The molecule has 130 valence electrons. The lowest BCUT2D eigenvalue weighted by atomic mass is 9.99. The maximum atomic E-state index is 10.7. The van der Waals surface area contributed by atoms with Crippen LogP contribution in [-0.4, -0.2) is 37.1 Å². The van der Waals surface area contributed by atoms with Gasteiger partial charge in [-0.2, -0.15) is 0 Å². The molecule has 1 saturated heterocycles. The van der Waals surface area contributed by atoms with Crippen LogP contribution >= 0.6 is 0 Å². The van der Waals surface area contributed by atoms with Crippen molar-refractivity contribution in [3.63, 3.8) is 0 Å². The van der Waals surface area contributed by atoms with Crippen molar-refractivity contribution in [1.29, 1.82) is 0 Å². The Kier molecular flexibility index (Phi) is 4.24. The predicted molar refractivity (Wildman–Crippen MR) is 98.5 cm³/mol. The second kappa shape index (κ2) is 6.54. The third-order valence-corrected chi connectivity index (χ3v) is 4.53.